The van der Waals surface area contributed by atoms with Gasteiger partial charge in [0.2, 0.25) is 0 Å². The summed E-state index contributed by atoms with van der Waals surface area (Å²) in [6, 6.07) is 17.2. The highest BCUT2D eigenvalue weighted by atomic mass is 32.1. The zero-order chi connectivity index (χ0) is 23.4. The van der Waals surface area contributed by atoms with Crippen molar-refractivity contribution in [3.8, 4) is 22.3 Å². The van der Waals surface area contributed by atoms with Crippen LogP contribution in [0.2, 0.25) is 0 Å². The highest BCUT2D eigenvalue weighted by molar-refractivity contribution is 7.10. The molecule has 0 radical (unpaired) electrons. The number of carbonyl (C=O) groups is 2. The third kappa shape index (κ3) is 5.60. The monoisotopic (exact) mass is 460 g/mol. The topological polar surface area (TPSA) is 88.5 Å². The molecular formula is C26H24N2O4S. The molecule has 1 aromatic heterocycles. The number of hydrogen-bond donors (Lipinski definition) is 2. The normalized spacial score (nSPS) is 14.5. The van der Waals surface area contributed by atoms with Gasteiger partial charge in [0.25, 0.3) is 0 Å². The molecule has 0 spiro atoms. The van der Waals surface area contributed by atoms with Gasteiger partial charge in [0, 0.05) is 11.0 Å². The molecule has 7 heteroatoms. The second-order valence-corrected chi connectivity index (χ2v) is 9.01. The number of aliphatic carboxylic acids is 1. The Bertz CT molecular complexity index is 1220. The first-order chi connectivity index (χ1) is 15.8. The Balaban J connectivity index is 1.45. The van der Waals surface area contributed by atoms with Crippen LogP contribution in [0.3, 0.4) is 0 Å². The minimum Gasteiger partial charge on any atom is -0.481 e. The van der Waals surface area contributed by atoms with Gasteiger partial charge in [0.1, 0.15) is 6.10 Å². The van der Waals surface area contributed by atoms with Gasteiger partial charge in [0.15, 0.2) is 0 Å². The molecule has 1 aliphatic rings. The molecule has 0 bridgehead atoms. The number of carboxylic acids is 1. The average molecular weight is 461 g/mol. The first-order valence-electron chi connectivity index (χ1n) is 10.7. The highest BCUT2D eigenvalue weighted by Crippen LogP contribution is 2.48. The van der Waals surface area contributed by atoms with Crippen molar-refractivity contribution in [2.24, 2.45) is 5.41 Å². The zero-order valence-corrected chi connectivity index (χ0v) is 19.2. The molecule has 0 aliphatic heterocycles. The number of nitrogens with zero attached hydrogens (tertiary/aromatic N) is 1. The molecule has 2 aromatic carbocycles. The summed E-state index contributed by atoms with van der Waals surface area (Å²) < 4.78 is 9.94. The lowest BCUT2D eigenvalue weighted by molar-refractivity contribution is -0.137. The minimum atomic E-state index is -0.811. The molecule has 1 amide bonds. The maximum atomic E-state index is 12.5. The summed E-state index contributed by atoms with van der Waals surface area (Å²) in [6.07, 6.45) is 0.838. The van der Waals surface area contributed by atoms with Gasteiger partial charge in [-0.2, -0.15) is 4.37 Å². The summed E-state index contributed by atoms with van der Waals surface area (Å²) in [5, 5.41) is 11.9. The Morgan fingerprint density at radius 3 is 2.52 bits per heavy atom. The average Bonchev–Trinajstić information content (AvgIpc) is 3.47. The quantitative estimate of drug-likeness (QED) is 0.438. The Kier molecular flexibility index (Phi) is 6.47. The summed E-state index contributed by atoms with van der Waals surface area (Å²) in [5.41, 5.74) is 3.62. The predicted molar refractivity (Wildman–Crippen MR) is 128 cm³/mol. The molecule has 3 aromatic rings. The molecule has 6 nitrogen and oxygen atoms in total. The van der Waals surface area contributed by atoms with Gasteiger partial charge in [-0.1, -0.05) is 54.3 Å². The molecule has 33 heavy (non-hydrogen) atoms. The molecule has 2 N–H and O–H groups in total. The largest absolute Gasteiger partial charge is 0.481 e. The number of carboxylic acid groups (broad SMARTS) is 1. The van der Waals surface area contributed by atoms with Gasteiger partial charge < -0.3 is 9.84 Å². The van der Waals surface area contributed by atoms with Crippen LogP contribution in [0.1, 0.15) is 49.1 Å². The van der Waals surface area contributed by atoms with Crippen molar-refractivity contribution < 1.29 is 19.4 Å². The number of rotatable bonds is 6. The van der Waals surface area contributed by atoms with Crippen LogP contribution in [0.5, 0.6) is 0 Å². The van der Waals surface area contributed by atoms with E-state index in [2.05, 4.69) is 21.5 Å². The molecular weight excluding hydrogens is 436 g/mol. The van der Waals surface area contributed by atoms with Crippen molar-refractivity contribution in [2.75, 3.05) is 5.32 Å². The lowest BCUT2D eigenvalue weighted by atomic mass is 10.0. The fraction of sp³-hybridized carbons (Fsp3) is 0.269. The fourth-order valence-electron chi connectivity index (χ4n) is 3.49. The summed E-state index contributed by atoms with van der Waals surface area (Å²) in [5.74, 6) is 5.43. The number of carbonyl (C=O) groups excluding carboxylic acids is 1. The third-order valence-corrected chi connectivity index (χ3v) is 6.59. The van der Waals surface area contributed by atoms with E-state index in [1.807, 2.05) is 68.4 Å². The van der Waals surface area contributed by atoms with Crippen LogP contribution in [0.15, 0.2) is 54.6 Å². The minimum absolute atomic E-state index is 0.0895. The van der Waals surface area contributed by atoms with Crippen molar-refractivity contribution in [1.82, 2.24) is 4.37 Å². The van der Waals surface area contributed by atoms with E-state index in [9.17, 15) is 9.59 Å². The number of anilines is 1. The Labute approximate surface area is 196 Å². The van der Waals surface area contributed by atoms with Gasteiger partial charge in [-0.15, -0.1) is 0 Å². The smallest absolute Gasteiger partial charge is 0.412 e. The summed E-state index contributed by atoms with van der Waals surface area (Å²) >= 11 is 1.31. The molecule has 1 saturated carbocycles. The van der Waals surface area contributed by atoms with Crippen LogP contribution in [0.4, 0.5) is 10.5 Å². The first-order valence-corrected chi connectivity index (χ1v) is 11.5. The van der Waals surface area contributed by atoms with Crippen molar-refractivity contribution in [3.05, 3.63) is 71.4 Å². The molecule has 1 atom stereocenters. The second-order valence-electron chi connectivity index (χ2n) is 8.23. The van der Waals surface area contributed by atoms with Gasteiger partial charge in [0.05, 0.1) is 22.7 Å². The van der Waals surface area contributed by atoms with E-state index in [0.29, 0.717) is 11.4 Å². The van der Waals surface area contributed by atoms with Gasteiger partial charge in [-0.25, -0.2) is 4.79 Å². The number of benzene rings is 2. The Morgan fingerprint density at radius 1 is 1.18 bits per heavy atom. The van der Waals surface area contributed by atoms with Crippen molar-refractivity contribution in [2.45, 2.75) is 39.2 Å². The molecule has 168 valence electrons. The molecule has 4 rings (SSSR count). The number of nitrogens with one attached hydrogen (secondary N) is 1. The number of amides is 1. The van der Waals surface area contributed by atoms with E-state index in [4.69, 9.17) is 9.84 Å². The summed E-state index contributed by atoms with van der Waals surface area (Å²) in [7, 11) is 0. The number of aryl methyl sites for hydroxylation is 1. The van der Waals surface area contributed by atoms with Crippen molar-refractivity contribution in [1.29, 1.82) is 0 Å². The van der Waals surface area contributed by atoms with E-state index in [-0.39, 0.29) is 17.9 Å². The van der Waals surface area contributed by atoms with E-state index >= 15 is 0 Å². The van der Waals surface area contributed by atoms with Crippen LogP contribution in [-0.4, -0.2) is 21.5 Å². The summed E-state index contributed by atoms with van der Waals surface area (Å²) in [4.78, 5) is 24.4. The van der Waals surface area contributed by atoms with Crippen molar-refractivity contribution >= 4 is 29.3 Å². The molecule has 1 unspecified atom stereocenters. The first kappa shape index (κ1) is 22.6. The van der Waals surface area contributed by atoms with E-state index in [1.165, 1.54) is 11.5 Å². The predicted octanol–water partition coefficient (Wildman–Crippen LogP) is 6.03. The standard InChI is InChI=1S/C26H24N2O4S/c1-17-23(27-25(31)32-18(2)20-6-4-3-5-7-20)24(33-28-17)21-10-8-19(9-11-21)12-13-26(14-15-26)16-22(29)30/h3-11,18H,14-16H2,1-2H3,(H,27,31)(H,29,30). The summed E-state index contributed by atoms with van der Waals surface area (Å²) in [6.45, 7) is 3.67. The number of hydrogen-bond acceptors (Lipinski definition) is 5. The second kappa shape index (κ2) is 9.47. The van der Waals surface area contributed by atoms with E-state index in [1.54, 1.807) is 0 Å². The lowest BCUT2D eigenvalue weighted by Gasteiger charge is -2.14. The molecule has 1 fully saturated rings. The van der Waals surface area contributed by atoms with Gasteiger partial charge in [-0.05, 0) is 61.5 Å². The van der Waals surface area contributed by atoms with Gasteiger partial charge in [-0.3, -0.25) is 10.1 Å². The molecule has 1 heterocycles. The third-order valence-electron chi connectivity index (χ3n) is 5.60. The van der Waals surface area contributed by atoms with E-state index < -0.39 is 12.1 Å². The Hall–Kier alpha value is -3.63. The van der Waals surface area contributed by atoms with Crippen LogP contribution in [-0.2, 0) is 9.53 Å². The lowest BCUT2D eigenvalue weighted by Crippen LogP contribution is -2.16. The zero-order valence-electron chi connectivity index (χ0n) is 18.4. The maximum Gasteiger partial charge on any atom is 0.412 e. The Morgan fingerprint density at radius 2 is 1.88 bits per heavy atom. The fourth-order valence-corrected chi connectivity index (χ4v) is 4.35. The number of ether oxygens (including phenoxy) is 1. The highest BCUT2D eigenvalue weighted by Gasteiger charge is 2.43. The SMILES string of the molecule is Cc1nsc(-c2ccc(C#CC3(CC(=O)O)CC3)cc2)c1NC(=O)OC(C)c1ccccc1. The van der Waals surface area contributed by atoms with E-state index in [0.717, 1.165) is 34.4 Å². The maximum absolute atomic E-state index is 12.5. The molecule has 0 saturated heterocycles. The van der Waals surface area contributed by atoms with Crippen LogP contribution < -0.4 is 5.32 Å². The van der Waals surface area contributed by atoms with Crippen molar-refractivity contribution in [3.63, 3.8) is 0 Å². The van der Waals surface area contributed by atoms with Crippen LogP contribution >= 0.6 is 11.5 Å². The van der Waals surface area contributed by atoms with Gasteiger partial charge >= 0.3 is 12.1 Å². The van der Waals surface area contributed by atoms with Crippen LogP contribution in [0.25, 0.3) is 10.4 Å². The van der Waals surface area contributed by atoms with Crippen LogP contribution in [0, 0.1) is 24.2 Å². The molecule has 1 aliphatic carbocycles. The number of aromatic nitrogens is 1.